The molecule has 2 aliphatic rings. The normalized spacial score (nSPS) is 18.0. The van der Waals surface area contributed by atoms with Crippen molar-refractivity contribution in [2.45, 2.75) is 32.3 Å². The van der Waals surface area contributed by atoms with Gasteiger partial charge < -0.3 is 4.74 Å². The van der Waals surface area contributed by atoms with Crippen LogP contribution in [0.25, 0.3) is 0 Å². The van der Waals surface area contributed by atoms with Crippen molar-refractivity contribution in [3.8, 4) is 0 Å². The molecule has 158 valence electrons. The Labute approximate surface area is 180 Å². The number of Topliss-reactive ketones (excluding diaryl/α,β-unsaturated/α-hetero) is 1. The van der Waals surface area contributed by atoms with Gasteiger partial charge in [-0.15, -0.1) is 0 Å². The van der Waals surface area contributed by atoms with Crippen LogP contribution in [-0.2, 0) is 16.1 Å². The molecule has 3 heterocycles. The first-order valence-electron chi connectivity index (χ1n) is 10.5. The van der Waals surface area contributed by atoms with Crippen LogP contribution in [0.15, 0.2) is 71.6 Å². The Balaban J connectivity index is 1.62. The summed E-state index contributed by atoms with van der Waals surface area (Å²) in [6.07, 6.45) is 5.97. The van der Waals surface area contributed by atoms with E-state index in [-0.39, 0.29) is 28.3 Å². The molecule has 4 rings (SSSR count). The Kier molecular flexibility index (Phi) is 6.13. The number of ether oxygens (including phenoxy) is 1. The number of allylic oxidation sites excluding steroid dienone is 1. The lowest BCUT2D eigenvalue weighted by atomic mass is 10.1. The van der Waals surface area contributed by atoms with Crippen LogP contribution in [0.5, 0.6) is 0 Å². The second-order valence-electron chi connectivity index (χ2n) is 7.74. The van der Waals surface area contributed by atoms with Gasteiger partial charge in [0.25, 0.3) is 0 Å². The van der Waals surface area contributed by atoms with E-state index in [9.17, 15) is 14.4 Å². The van der Waals surface area contributed by atoms with Crippen molar-refractivity contribution < 1.29 is 23.6 Å². The summed E-state index contributed by atoms with van der Waals surface area (Å²) in [6, 6.07) is 14.4. The Hall–Kier alpha value is -3.45. The minimum atomic E-state index is -0.539. The Morgan fingerprint density at radius 1 is 0.935 bits per heavy atom. The van der Waals surface area contributed by atoms with Crippen LogP contribution >= 0.6 is 0 Å². The number of benzene rings is 1. The number of ketones is 2. The van der Waals surface area contributed by atoms with E-state index in [0.29, 0.717) is 13.1 Å². The van der Waals surface area contributed by atoms with E-state index in [1.54, 1.807) is 18.2 Å². The van der Waals surface area contributed by atoms with Gasteiger partial charge in [0.2, 0.25) is 17.4 Å². The van der Waals surface area contributed by atoms with Gasteiger partial charge in [-0.1, -0.05) is 36.4 Å². The highest BCUT2D eigenvalue weighted by Gasteiger charge is 2.47. The van der Waals surface area contributed by atoms with Gasteiger partial charge in [0.1, 0.15) is 12.3 Å². The summed E-state index contributed by atoms with van der Waals surface area (Å²) in [7, 11) is 0. The van der Waals surface area contributed by atoms with E-state index in [2.05, 4.69) is 9.98 Å². The number of carbonyl (C=O) groups is 3. The smallest absolute Gasteiger partial charge is 0.415 e. The molecular formula is C24H24N3O4+. The summed E-state index contributed by atoms with van der Waals surface area (Å²) < 4.78 is 5.50. The van der Waals surface area contributed by atoms with Gasteiger partial charge in [0.15, 0.2) is 5.71 Å². The highest BCUT2D eigenvalue weighted by atomic mass is 16.6. The molecule has 0 atom stereocenters. The van der Waals surface area contributed by atoms with E-state index in [1.807, 2.05) is 30.3 Å². The standard InChI is InChI=1S/C24H24N3O4/c28-20-16-21(26-22(20)23(29)19-12-6-7-13-25-19)27(14-8-1-2-9-15-27)24(30)31-17-18-10-4-3-5-11-18/h3-7,10-13,16H,1-2,8-9,14-15,17H2/q+1. The number of carbonyl (C=O) groups excluding carboxylic acids is 3. The van der Waals surface area contributed by atoms with Crippen molar-refractivity contribution in [2.24, 2.45) is 4.99 Å². The van der Waals surface area contributed by atoms with Crippen LogP contribution in [0.4, 0.5) is 4.79 Å². The number of nitrogens with zero attached hydrogens (tertiary/aromatic N) is 3. The molecule has 2 aliphatic heterocycles. The maximum absolute atomic E-state index is 13.3. The Morgan fingerprint density at radius 3 is 2.32 bits per heavy atom. The third-order valence-corrected chi connectivity index (χ3v) is 5.66. The van der Waals surface area contributed by atoms with Gasteiger partial charge in [0, 0.05) is 6.20 Å². The Morgan fingerprint density at radius 2 is 1.65 bits per heavy atom. The minimum absolute atomic E-state index is 0.143. The second-order valence-corrected chi connectivity index (χ2v) is 7.74. The van der Waals surface area contributed by atoms with Gasteiger partial charge in [-0.2, -0.15) is 14.3 Å². The molecule has 2 aromatic rings. The quantitative estimate of drug-likeness (QED) is 0.544. The summed E-state index contributed by atoms with van der Waals surface area (Å²) in [5, 5.41) is 0. The lowest BCUT2D eigenvalue weighted by Crippen LogP contribution is -2.52. The van der Waals surface area contributed by atoms with Crippen LogP contribution in [0.3, 0.4) is 0 Å². The van der Waals surface area contributed by atoms with Crippen LogP contribution < -0.4 is 0 Å². The zero-order valence-corrected chi connectivity index (χ0v) is 17.2. The number of hydrogen-bond donors (Lipinski definition) is 0. The van der Waals surface area contributed by atoms with Crippen molar-refractivity contribution in [2.75, 3.05) is 13.1 Å². The summed E-state index contributed by atoms with van der Waals surface area (Å²) in [5.41, 5.74) is 0.833. The molecule has 0 N–H and O–H groups in total. The molecule has 7 nitrogen and oxygen atoms in total. The number of aromatic nitrogens is 1. The predicted octanol–water partition coefficient (Wildman–Crippen LogP) is 3.86. The van der Waals surface area contributed by atoms with Crippen LogP contribution in [0.2, 0.25) is 0 Å². The molecule has 7 heteroatoms. The first-order chi connectivity index (χ1) is 15.1. The molecule has 0 unspecified atom stereocenters. The molecule has 1 fully saturated rings. The number of likely N-dealkylation sites (tertiary alicyclic amines) is 1. The van der Waals surface area contributed by atoms with E-state index in [4.69, 9.17) is 4.74 Å². The van der Waals surface area contributed by atoms with Crippen LogP contribution in [0, 0.1) is 0 Å². The summed E-state index contributed by atoms with van der Waals surface area (Å²) in [6.45, 7) is 1.12. The van der Waals surface area contributed by atoms with Crippen molar-refractivity contribution in [1.29, 1.82) is 0 Å². The summed E-state index contributed by atoms with van der Waals surface area (Å²) >= 11 is 0. The average molecular weight is 418 g/mol. The number of hydrogen-bond acceptors (Lipinski definition) is 6. The van der Waals surface area contributed by atoms with Gasteiger partial charge in [-0.3, -0.25) is 14.6 Å². The van der Waals surface area contributed by atoms with E-state index < -0.39 is 17.7 Å². The average Bonchev–Trinajstić information content (AvgIpc) is 3.04. The monoisotopic (exact) mass is 418 g/mol. The minimum Gasteiger partial charge on any atom is -0.415 e. The van der Waals surface area contributed by atoms with E-state index in [0.717, 1.165) is 31.2 Å². The molecular weight excluding hydrogens is 394 g/mol. The van der Waals surface area contributed by atoms with Crippen molar-refractivity contribution in [3.63, 3.8) is 0 Å². The van der Waals surface area contributed by atoms with E-state index >= 15 is 0 Å². The van der Waals surface area contributed by atoms with Gasteiger partial charge in [-0.05, 0) is 43.4 Å². The molecule has 31 heavy (non-hydrogen) atoms. The third kappa shape index (κ3) is 4.36. The Bertz CT molecular complexity index is 1040. The lowest BCUT2D eigenvalue weighted by Gasteiger charge is -2.31. The fourth-order valence-corrected chi connectivity index (χ4v) is 3.96. The zero-order chi connectivity index (χ0) is 21.7. The fraction of sp³-hybridized carbons (Fsp3) is 0.292. The summed E-state index contributed by atoms with van der Waals surface area (Å²) in [4.78, 5) is 47.1. The van der Waals surface area contributed by atoms with Gasteiger partial charge in [-0.25, -0.2) is 0 Å². The summed E-state index contributed by atoms with van der Waals surface area (Å²) in [5.74, 6) is -0.755. The molecule has 0 radical (unpaired) electrons. The second kappa shape index (κ2) is 9.14. The van der Waals surface area contributed by atoms with Crippen molar-refractivity contribution in [3.05, 3.63) is 77.9 Å². The first kappa shape index (κ1) is 20.8. The number of amides is 1. The van der Waals surface area contributed by atoms with E-state index in [1.165, 1.54) is 12.3 Å². The van der Waals surface area contributed by atoms with Crippen molar-refractivity contribution >= 4 is 23.4 Å². The van der Waals surface area contributed by atoms with Crippen LogP contribution in [-0.4, -0.2) is 45.9 Å². The number of aliphatic imine (C=N–C) groups is 1. The lowest BCUT2D eigenvalue weighted by molar-refractivity contribution is -0.820. The largest absolute Gasteiger partial charge is 0.522 e. The maximum atomic E-state index is 13.3. The SMILES string of the molecule is O=C1C=C([N+]2(C(=O)OCc3ccccc3)CCCCCC2)N=C1C(=O)c1ccccn1. The fourth-order valence-electron chi connectivity index (χ4n) is 3.96. The molecule has 0 aliphatic carbocycles. The van der Waals surface area contributed by atoms with Gasteiger partial charge in [0.05, 0.1) is 19.2 Å². The van der Waals surface area contributed by atoms with Crippen LogP contribution in [0.1, 0.15) is 41.7 Å². The number of rotatable bonds is 5. The molecule has 0 saturated carbocycles. The molecule has 0 spiro atoms. The first-order valence-corrected chi connectivity index (χ1v) is 10.5. The number of quaternary nitrogens is 1. The zero-order valence-electron chi connectivity index (χ0n) is 17.2. The highest BCUT2D eigenvalue weighted by molar-refractivity contribution is 6.71. The number of pyridine rings is 1. The molecule has 1 aromatic heterocycles. The topological polar surface area (TPSA) is 85.7 Å². The van der Waals surface area contributed by atoms with Gasteiger partial charge >= 0.3 is 6.09 Å². The molecule has 1 amide bonds. The predicted molar refractivity (Wildman–Crippen MR) is 114 cm³/mol. The highest BCUT2D eigenvalue weighted by Crippen LogP contribution is 2.30. The third-order valence-electron chi connectivity index (χ3n) is 5.66. The molecule has 1 saturated heterocycles. The molecule has 0 bridgehead atoms. The van der Waals surface area contributed by atoms with Crippen molar-refractivity contribution in [1.82, 2.24) is 4.98 Å². The molecule has 1 aromatic carbocycles. The maximum Gasteiger partial charge on any atom is 0.522 e.